The Hall–Kier alpha value is -3.34. The van der Waals surface area contributed by atoms with E-state index in [1.54, 1.807) is 19.1 Å². The van der Waals surface area contributed by atoms with Gasteiger partial charge < -0.3 is 14.6 Å². The number of carbonyl (C=O) groups excluding carboxylic acids is 1. The molecule has 2 aliphatic rings. The lowest BCUT2D eigenvalue weighted by Crippen LogP contribution is -2.10. The minimum absolute atomic E-state index is 0.136. The second-order valence-corrected chi connectivity index (χ2v) is 7.16. The number of aliphatic carboxylic acids is 1. The molecule has 0 saturated carbocycles. The summed E-state index contributed by atoms with van der Waals surface area (Å²) in [7, 11) is 0. The van der Waals surface area contributed by atoms with Crippen molar-refractivity contribution in [3.8, 4) is 0 Å². The van der Waals surface area contributed by atoms with Crippen molar-refractivity contribution in [2.75, 3.05) is 13.2 Å². The minimum atomic E-state index is -0.841. The first kappa shape index (κ1) is 22.9. The second-order valence-electron chi connectivity index (χ2n) is 7.16. The summed E-state index contributed by atoms with van der Waals surface area (Å²) in [6.07, 6.45) is 14.5. The molecule has 0 saturated heterocycles. The third-order valence-corrected chi connectivity index (χ3v) is 4.82. The summed E-state index contributed by atoms with van der Waals surface area (Å²) in [5.74, 6) is -0.817. The monoisotopic (exact) mass is 408 g/mol. The summed E-state index contributed by atoms with van der Waals surface area (Å²) in [6.45, 7) is 13.4. The largest absolute Gasteiger partial charge is 0.491 e. The van der Waals surface area contributed by atoms with Crippen molar-refractivity contribution < 1.29 is 24.2 Å². The first-order chi connectivity index (χ1) is 14.3. The SMILES string of the molecule is C=C(/C=C\C(=C)C1=CC=C(C2=CC=C(C(=O)O)CC2)CC1)OCCOC(=O)C(=C)C. The number of rotatable bonds is 10. The van der Waals surface area contributed by atoms with Gasteiger partial charge in [-0.25, -0.2) is 9.59 Å². The Bertz CT molecular complexity index is 906. The Morgan fingerprint density at radius 3 is 1.97 bits per heavy atom. The maximum atomic E-state index is 11.3. The first-order valence-electron chi connectivity index (χ1n) is 9.82. The molecule has 0 aromatic rings. The van der Waals surface area contributed by atoms with E-state index in [4.69, 9.17) is 14.6 Å². The molecular formula is C25H28O5. The van der Waals surface area contributed by atoms with Gasteiger partial charge in [0.1, 0.15) is 19.0 Å². The molecule has 0 unspecified atom stereocenters. The van der Waals surface area contributed by atoms with Crippen LogP contribution in [0.1, 0.15) is 32.6 Å². The van der Waals surface area contributed by atoms with Crippen LogP contribution in [0.4, 0.5) is 0 Å². The van der Waals surface area contributed by atoms with Crippen LogP contribution in [0.25, 0.3) is 0 Å². The van der Waals surface area contributed by atoms with Crippen LogP contribution in [0.3, 0.4) is 0 Å². The molecule has 2 rings (SSSR count). The van der Waals surface area contributed by atoms with Crippen LogP contribution in [-0.4, -0.2) is 30.3 Å². The van der Waals surface area contributed by atoms with Crippen molar-refractivity contribution in [3.63, 3.8) is 0 Å². The van der Waals surface area contributed by atoms with Gasteiger partial charge in [-0.1, -0.05) is 50.1 Å². The Morgan fingerprint density at radius 1 is 0.900 bits per heavy atom. The van der Waals surface area contributed by atoms with Crippen molar-refractivity contribution in [2.45, 2.75) is 32.6 Å². The number of carboxylic acids is 1. The highest BCUT2D eigenvalue weighted by Gasteiger charge is 2.16. The molecule has 1 N–H and O–H groups in total. The van der Waals surface area contributed by atoms with E-state index in [-0.39, 0.29) is 13.2 Å². The molecule has 30 heavy (non-hydrogen) atoms. The van der Waals surface area contributed by atoms with Crippen LogP contribution in [0.5, 0.6) is 0 Å². The summed E-state index contributed by atoms with van der Waals surface area (Å²) in [5, 5.41) is 9.05. The fraction of sp³-hybridized carbons (Fsp3) is 0.280. The number of hydrogen-bond acceptors (Lipinski definition) is 4. The van der Waals surface area contributed by atoms with Crippen molar-refractivity contribution in [1.82, 2.24) is 0 Å². The zero-order valence-electron chi connectivity index (χ0n) is 17.4. The molecule has 0 heterocycles. The molecule has 2 aliphatic carbocycles. The standard InChI is InChI=1S/C25H28O5/c1-17(2)25(28)30-16-15-29-19(4)6-5-18(3)20-7-9-21(10-8-20)22-11-13-23(14-12-22)24(26)27/h5-7,9,11,13H,1,3-4,8,10,12,14-16H2,2H3,(H,26,27)/b6-5-. The van der Waals surface area contributed by atoms with Crippen molar-refractivity contribution in [2.24, 2.45) is 0 Å². The zero-order valence-corrected chi connectivity index (χ0v) is 17.4. The Morgan fingerprint density at radius 2 is 1.47 bits per heavy atom. The van der Waals surface area contributed by atoms with Gasteiger partial charge >= 0.3 is 11.9 Å². The van der Waals surface area contributed by atoms with Gasteiger partial charge in [0, 0.05) is 11.1 Å². The predicted octanol–water partition coefficient (Wildman–Crippen LogP) is 5.13. The molecule has 0 fully saturated rings. The molecule has 0 atom stereocenters. The van der Waals surface area contributed by atoms with Gasteiger partial charge in [0.05, 0.1) is 0 Å². The van der Waals surface area contributed by atoms with E-state index in [1.165, 1.54) is 11.1 Å². The predicted molar refractivity (Wildman–Crippen MR) is 118 cm³/mol. The molecule has 0 aromatic heterocycles. The number of ether oxygens (including phenoxy) is 2. The maximum Gasteiger partial charge on any atom is 0.333 e. The lowest BCUT2D eigenvalue weighted by molar-refractivity contribution is -0.140. The molecule has 0 aliphatic heterocycles. The van der Waals surface area contributed by atoms with Crippen LogP contribution in [0.2, 0.25) is 0 Å². The van der Waals surface area contributed by atoms with Crippen molar-refractivity contribution in [3.05, 3.63) is 95.4 Å². The van der Waals surface area contributed by atoms with E-state index in [0.717, 1.165) is 30.4 Å². The van der Waals surface area contributed by atoms with Gasteiger partial charge in [0.25, 0.3) is 0 Å². The highest BCUT2D eigenvalue weighted by Crippen LogP contribution is 2.32. The van der Waals surface area contributed by atoms with Crippen LogP contribution in [0.15, 0.2) is 95.4 Å². The smallest absolute Gasteiger partial charge is 0.333 e. The van der Waals surface area contributed by atoms with E-state index in [1.807, 2.05) is 12.2 Å². The Kier molecular flexibility index (Phi) is 8.41. The summed E-state index contributed by atoms with van der Waals surface area (Å²) in [4.78, 5) is 22.3. The maximum absolute atomic E-state index is 11.3. The van der Waals surface area contributed by atoms with Crippen LogP contribution in [-0.2, 0) is 19.1 Å². The van der Waals surface area contributed by atoms with E-state index in [2.05, 4.69) is 31.9 Å². The number of esters is 1. The van der Waals surface area contributed by atoms with Gasteiger partial charge in [-0.3, -0.25) is 0 Å². The van der Waals surface area contributed by atoms with Crippen LogP contribution in [0, 0.1) is 0 Å². The Labute approximate surface area is 177 Å². The highest BCUT2D eigenvalue weighted by atomic mass is 16.6. The fourth-order valence-electron chi connectivity index (χ4n) is 3.03. The normalized spacial score (nSPS) is 16.0. The molecule has 158 valence electrons. The number of hydrogen-bond donors (Lipinski definition) is 1. The van der Waals surface area contributed by atoms with Gasteiger partial charge in [0.15, 0.2) is 0 Å². The van der Waals surface area contributed by atoms with Gasteiger partial charge in [-0.2, -0.15) is 0 Å². The molecule has 0 amide bonds. The summed E-state index contributed by atoms with van der Waals surface area (Å²) < 4.78 is 10.4. The van der Waals surface area contributed by atoms with E-state index < -0.39 is 11.9 Å². The number of carboxylic acid groups (broad SMARTS) is 1. The quantitative estimate of drug-likeness (QED) is 0.178. The molecule has 5 heteroatoms. The molecular weight excluding hydrogens is 380 g/mol. The molecule has 0 aromatic carbocycles. The summed E-state index contributed by atoms with van der Waals surface area (Å²) in [5.41, 5.74) is 5.27. The summed E-state index contributed by atoms with van der Waals surface area (Å²) in [6, 6.07) is 0. The van der Waals surface area contributed by atoms with Crippen LogP contribution >= 0.6 is 0 Å². The lowest BCUT2D eigenvalue weighted by Gasteiger charge is -2.19. The third-order valence-electron chi connectivity index (χ3n) is 4.82. The molecule has 5 nitrogen and oxygen atoms in total. The fourth-order valence-corrected chi connectivity index (χ4v) is 3.03. The number of carbonyl (C=O) groups is 2. The topological polar surface area (TPSA) is 72.8 Å². The van der Waals surface area contributed by atoms with Gasteiger partial charge in [-0.05, 0) is 61.0 Å². The molecule has 0 radical (unpaired) electrons. The average molecular weight is 408 g/mol. The second kappa shape index (κ2) is 11.0. The molecule has 0 bridgehead atoms. The van der Waals surface area contributed by atoms with Crippen molar-refractivity contribution >= 4 is 11.9 Å². The zero-order chi connectivity index (χ0) is 22.1. The Balaban J connectivity index is 1.83. The van der Waals surface area contributed by atoms with Gasteiger partial charge in [-0.15, -0.1) is 0 Å². The summed E-state index contributed by atoms with van der Waals surface area (Å²) >= 11 is 0. The van der Waals surface area contributed by atoms with E-state index in [0.29, 0.717) is 23.3 Å². The van der Waals surface area contributed by atoms with E-state index >= 15 is 0 Å². The highest BCUT2D eigenvalue weighted by molar-refractivity contribution is 5.87. The third kappa shape index (κ3) is 6.92. The molecule has 0 spiro atoms. The van der Waals surface area contributed by atoms with Crippen molar-refractivity contribution in [1.29, 1.82) is 0 Å². The van der Waals surface area contributed by atoms with Gasteiger partial charge in [0.2, 0.25) is 0 Å². The lowest BCUT2D eigenvalue weighted by atomic mass is 9.86. The number of allylic oxidation sites excluding steroid dienone is 10. The first-order valence-corrected chi connectivity index (χ1v) is 9.82. The van der Waals surface area contributed by atoms with Crippen LogP contribution < -0.4 is 0 Å². The average Bonchev–Trinajstić information content (AvgIpc) is 2.75. The minimum Gasteiger partial charge on any atom is -0.491 e. The van der Waals surface area contributed by atoms with E-state index in [9.17, 15) is 9.59 Å².